The normalized spacial score (nSPS) is 11.5. The first-order valence-electron chi connectivity index (χ1n) is 10.3. The fourth-order valence-corrected chi connectivity index (χ4v) is 3.43. The molecule has 5 heteroatoms. The first kappa shape index (κ1) is 22.1. The van der Waals surface area contributed by atoms with Gasteiger partial charge >= 0.3 is 0 Å². The van der Waals surface area contributed by atoms with Crippen LogP contribution < -0.4 is 15.0 Å². The Hall–Kier alpha value is -3.60. The summed E-state index contributed by atoms with van der Waals surface area (Å²) in [6.07, 6.45) is 0.145. The van der Waals surface area contributed by atoms with Crippen LogP contribution >= 0.6 is 0 Å². The molecule has 160 valence electrons. The molecule has 0 aliphatic carbocycles. The van der Waals surface area contributed by atoms with Gasteiger partial charge in [0, 0.05) is 12.6 Å². The van der Waals surface area contributed by atoms with Crippen LogP contribution in [0.4, 0.5) is 5.69 Å². The first-order valence-corrected chi connectivity index (χ1v) is 10.3. The molecule has 0 bridgehead atoms. The van der Waals surface area contributed by atoms with E-state index < -0.39 is 6.04 Å². The number of ether oxygens (including phenoxy) is 1. The van der Waals surface area contributed by atoms with Crippen LogP contribution in [0.5, 0.6) is 5.75 Å². The predicted octanol–water partition coefficient (Wildman–Crippen LogP) is 4.80. The second kappa shape index (κ2) is 10.4. The van der Waals surface area contributed by atoms with Gasteiger partial charge in [-0.2, -0.15) is 0 Å². The minimum Gasteiger partial charge on any atom is -0.497 e. The summed E-state index contributed by atoms with van der Waals surface area (Å²) >= 11 is 0. The van der Waals surface area contributed by atoms with Crippen molar-refractivity contribution in [3.05, 3.63) is 95.6 Å². The number of hydrogen-bond donors (Lipinski definition) is 1. The van der Waals surface area contributed by atoms with Gasteiger partial charge in [-0.3, -0.25) is 9.59 Å². The minimum atomic E-state index is -0.431. The number of hydrogen-bond acceptors (Lipinski definition) is 3. The number of methoxy groups -OCH3 is 1. The van der Waals surface area contributed by atoms with Crippen LogP contribution in [-0.2, 0) is 16.1 Å². The van der Waals surface area contributed by atoms with Gasteiger partial charge in [-0.05, 0) is 42.3 Å². The summed E-state index contributed by atoms with van der Waals surface area (Å²) in [5.74, 6) is 0.475. The standard InChI is InChI=1S/C26H28N2O3/c1-19-9-13-23(14-10-19)28(18-21-7-5-4-6-8-21)26(30)17-25(27-20(2)29)22-11-15-24(31-3)16-12-22/h4-16,25H,17-18H2,1-3H3,(H,27,29). The summed E-state index contributed by atoms with van der Waals surface area (Å²) in [6, 6.07) is 24.8. The number of aryl methyl sites for hydroxylation is 1. The summed E-state index contributed by atoms with van der Waals surface area (Å²) in [7, 11) is 1.60. The molecule has 0 heterocycles. The Balaban J connectivity index is 1.88. The Morgan fingerprint density at radius 3 is 2.16 bits per heavy atom. The molecule has 0 aromatic heterocycles. The van der Waals surface area contributed by atoms with E-state index in [-0.39, 0.29) is 18.2 Å². The van der Waals surface area contributed by atoms with E-state index in [2.05, 4.69) is 5.32 Å². The zero-order valence-corrected chi connectivity index (χ0v) is 18.2. The number of nitrogens with zero attached hydrogens (tertiary/aromatic N) is 1. The lowest BCUT2D eigenvalue weighted by molar-refractivity contribution is -0.121. The van der Waals surface area contributed by atoms with Crippen LogP contribution in [-0.4, -0.2) is 18.9 Å². The summed E-state index contributed by atoms with van der Waals surface area (Å²) in [6.45, 7) is 3.93. The highest BCUT2D eigenvalue weighted by Gasteiger charge is 2.23. The van der Waals surface area contributed by atoms with Crippen molar-refractivity contribution in [1.29, 1.82) is 0 Å². The van der Waals surface area contributed by atoms with E-state index in [1.165, 1.54) is 6.92 Å². The lowest BCUT2D eigenvalue weighted by Gasteiger charge is -2.26. The van der Waals surface area contributed by atoms with Crippen LogP contribution in [0.15, 0.2) is 78.9 Å². The number of amides is 2. The lowest BCUT2D eigenvalue weighted by atomic mass is 10.0. The molecule has 0 saturated heterocycles. The van der Waals surface area contributed by atoms with Crippen molar-refractivity contribution in [2.45, 2.75) is 32.9 Å². The van der Waals surface area contributed by atoms with E-state index in [9.17, 15) is 9.59 Å². The van der Waals surface area contributed by atoms with Crippen LogP contribution in [0.1, 0.15) is 36.1 Å². The Labute approximate surface area is 183 Å². The van der Waals surface area contributed by atoms with E-state index in [1.807, 2.05) is 85.8 Å². The Bertz CT molecular complexity index is 999. The van der Waals surface area contributed by atoms with Crippen molar-refractivity contribution < 1.29 is 14.3 Å². The molecular weight excluding hydrogens is 388 g/mol. The molecule has 0 saturated carbocycles. The second-order valence-electron chi connectivity index (χ2n) is 7.53. The lowest BCUT2D eigenvalue weighted by Crippen LogP contribution is -2.35. The van der Waals surface area contributed by atoms with E-state index in [1.54, 1.807) is 12.0 Å². The van der Waals surface area contributed by atoms with Gasteiger partial charge in [-0.25, -0.2) is 0 Å². The number of carbonyl (C=O) groups is 2. The molecule has 0 aliphatic heterocycles. The van der Waals surface area contributed by atoms with E-state index >= 15 is 0 Å². The summed E-state index contributed by atoms with van der Waals surface area (Å²) in [5, 5.41) is 2.92. The SMILES string of the molecule is COc1ccc(C(CC(=O)N(Cc2ccccc2)c2ccc(C)cc2)NC(C)=O)cc1. The smallest absolute Gasteiger partial charge is 0.229 e. The molecule has 0 fully saturated rings. The highest BCUT2D eigenvalue weighted by atomic mass is 16.5. The van der Waals surface area contributed by atoms with E-state index in [0.717, 1.165) is 28.1 Å². The topological polar surface area (TPSA) is 58.6 Å². The largest absolute Gasteiger partial charge is 0.497 e. The van der Waals surface area contributed by atoms with Gasteiger partial charge in [0.05, 0.1) is 26.1 Å². The van der Waals surface area contributed by atoms with Crippen molar-refractivity contribution in [2.75, 3.05) is 12.0 Å². The zero-order valence-electron chi connectivity index (χ0n) is 18.2. The maximum atomic E-state index is 13.5. The van der Waals surface area contributed by atoms with Crippen LogP contribution in [0.3, 0.4) is 0 Å². The fourth-order valence-electron chi connectivity index (χ4n) is 3.43. The fraction of sp³-hybridized carbons (Fsp3) is 0.231. The number of rotatable bonds is 8. The average Bonchev–Trinajstić information content (AvgIpc) is 2.78. The van der Waals surface area contributed by atoms with Gasteiger partial charge in [-0.15, -0.1) is 0 Å². The molecule has 1 N–H and O–H groups in total. The van der Waals surface area contributed by atoms with Crippen LogP contribution in [0.2, 0.25) is 0 Å². The summed E-state index contributed by atoms with van der Waals surface area (Å²) < 4.78 is 5.22. The number of nitrogens with one attached hydrogen (secondary N) is 1. The molecule has 3 aromatic rings. The average molecular weight is 417 g/mol. The molecule has 1 unspecified atom stereocenters. The minimum absolute atomic E-state index is 0.0673. The molecular formula is C26H28N2O3. The number of anilines is 1. The number of carbonyl (C=O) groups excluding carboxylic acids is 2. The van der Waals surface area contributed by atoms with E-state index in [4.69, 9.17) is 4.74 Å². The molecule has 0 spiro atoms. The van der Waals surface area contributed by atoms with Gasteiger partial charge in [0.2, 0.25) is 11.8 Å². The van der Waals surface area contributed by atoms with Gasteiger partial charge in [0.1, 0.15) is 5.75 Å². The van der Waals surface area contributed by atoms with Crippen LogP contribution in [0.25, 0.3) is 0 Å². The summed E-state index contributed by atoms with van der Waals surface area (Å²) in [4.78, 5) is 27.1. The third kappa shape index (κ3) is 6.19. The zero-order chi connectivity index (χ0) is 22.2. The molecule has 2 amide bonds. The van der Waals surface area contributed by atoms with Crippen molar-refractivity contribution >= 4 is 17.5 Å². The second-order valence-corrected chi connectivity index (χ2v) is 7.53. The predicted molar refractivity (Wildman–Crippen MR) is 123 cm³/mol. The Morgan fingerprint density at radius 2 is 1.58 bits per heavy atom. The monoisotopic (exact) mass is 416 g/mol. The highest BCUT2D eigenvalue weighted by Crippen LogP contribution is 2.25. The molecule has 3 rings (SSSR count). The van der Waals surface area contributed by atoms with Crippen LogP contribution in [0, 0.1) is 6.92 Å². The van der Waals surface area contributed by atoms with Crippen molar-refractivity contribution in [1.82, 2.24) is 5.32 Å². The van der Waals surface area contributed by atoms with Gasteiger partial charge in [-0.1, -0.05) is 60.2 Å². The quantitative estimate of drug-likeness (QED) is 0.574. The molecule has 0 radical (unpaired) electrons. The molecule has 31 heavy (non-hydrogen) atoms. The molecule has 0 aliphatic rings. The maximum Gasteiger partial charge on any atom is 0.229 e. The molecule has 5 nitrogen and oxygen atoms in total. The number of benzene rings is 3. The summed E-state index contributed by atoms with van der Waals surface area (Å²) in [5.41, 5.74) is 3.85. The maximum absolute atomic E-state index is 13.5. The Kier molecular flexibility index (Phi) is 7.44. The first-order chi connectivity index (χ1) is 15.0. The van der Waals surface area contributed by atoms with Crippen molar-refractivity contribution in [2.24, 2.45) is 0 Å². The highest BCUT2D eigenvalue weighted by molar-refractivity contribution is 5.94. The van der Waals surface area contributed by atoms with Gasteiger partial charge in [0.25, 0.3) is 0 Å². The Morgan fingerprint density at radius 1 is 0.935 bits per heavy atom. The van der Waals surface area contributed by atoms with Crippen molar-refractivity contribution in [3.63, 3.8) is 0 Å². The third-order valence-electron chi connectivity index (χ3n) is 5.10. The third-order valence-corrected chi connectivity index (χ3v) is 5.10. The van der Waals surface area contributed by atoms with Crippen molar-refractivity contribution in [3.8, 4) is 5.75 Å². The van der Waals surface area contributed by atoms with Gasteiger partial charge < -0.3 is 15.0 Å². The van der Waals surface area contributed by atoms with E-state index in [0.29, 0.717) is 6.54 Å². The van der Waals surface area contributed by atoms with Gasteiger partial charge in [0.15, 0.2) is 0 Å². The molecule has 3 aromatic carbocycles. The molecule has 1 atom stereocenters.